The van der Waals surface area contributed by atoms with E-state index in [1.54, 1.807) is 30.9 Å². The van der Waals surface area contributed by atoms with Gasteiger partial charge in [-0.1, -0.05) is 356 Å². The third kappa shape index (κ3) is 20.2. The van der Waals surface area contributed by atoms with E-state index < -0.39 is 0 Å². The van der Waals surface area contributed by atoms with Crippen LogP contribution in [0.2, 0.25) is 20.1 Å². The fourth-order valence-corrected chi connectivity index (χ4v) is 16.9. The van der Waals surface area contributed by atoms with Crippen molar-refractivity contribution in [3.05, 3.63) is 505 Å². The van der Waals surface area contributed by atoms with E-state index in [0.717, 1.165) is 175 Å². The molecule has 2 aliphatic rings. The van der Waals surface area contributed by atoms with Crippen molar-refractivity contribution >= 4 is 171 Å². The molecule has 8 heterocycles. The third-order valence-corrected chi connectivity index (χ3v) is 24.1. The number of nitrogens with two attached hydrogens (primary N) is 1. The van der Waals surface area contributed by atoms with Crippen molar-refractivity contribution in [2.24, 2.45) is 0 Å². The molecule has 0 radical (unpaired) electrons. The average Bonchev–Trinajstić information content (AvgIpc) is 1.62. The highest BCUT2D eigenvalue weighted by Gasteiger charge is 2.49. The lowest BCUT2D eigenvalue weighted by molar-refractivity contribution is 0.582. The van der Waals surface area contributed by atoms with Crippen LogP contribution in [0, 0.1) is 0 Å². The zero-order valence-electron chi connectivity index (χ0n) is 70.9. The largest absolute Gasteiger partial charge is 0.468 e. The SMILES string of the molecule is Clc1c(N(c2ccccc2)c2coc(-c3ccccc3)c2)cccc1N(c1ccccc1)c1coc(-c2ccccc2)c1.Clc1cccc(Br)c1Cl.Clc1coc(-c2ccccc2)c1.Nc1ccccc1.c1ccc(-c2cc3c(o2)B2c4oc(-c5ccccc5)cc4N(c4ccccc4)c4cccc(c42)N3c2ccccc2)cc1.c1ccc(Nc2coc(-c3ccccc3)c2)cc1. The van der Waals surface area contributed by atoms with E-state index in [4.69, 9.17) is 78.6 Å². The lowest BCUT2D eigenvalue weighted by Crippen LogP contribution is -2.60. The van der Waals surface area contributed by atoms with Crippen molar-refractivity contribution in [1.29, 1.82) is 0 Å². The minimum atomic E-state index is -0.217. The van der Waals surface area contributed by atoms with Crippen LogP contribution in [0.3, 0.4) is 0 Å². The molecule has 0 bridgehead atoms. The minimum Gasteiger partial charge on any atom is -0.468 e. The number of rotatable bonds is 16. The molecular formula is C114H82BBrCl4N6O6. The van der Waals surface area contributed by atoms with Crippen LogP contribution in [0.1, 0.15) is 0 Å². The van der Waals surface area contributed by atoms with E-state index in [0.29, 0.717) is 20.1 Å². The molecule has 15 aromatic carbocycles. The number of anilines is 15. The predicted molar refractivity (Wildman–Crippen MR) is 550 cm³/mol. The van der Waals surface area contributed by atoms with E-state index in [2.05, 4.69) is 180 Å². The Balaban J connectivity index is 0.000000120. The summed E-state index contributed by atoms with van der Waals surface area (Å²) in [4.78, 5) is 8.90. The van der Waals surface area contributed by atoms with Crippen LogP contribution >= 0.6 is 62.3 Å². The standard InChI is InChI=1S/C38H25BN2O2.C38H27ClN2O2.C16H13NO.C10H7ClO.C6H3BrCl2.C6H7N/c1-5-14-26(15-6-1)34-24-32-37(42-34)39-36-30(40(32)28-18-9-3-10-19-28)22-13-23-31(36)41(29-20-11-4-12-21-29)33-25-35(43-38(33)39)27-16-7-2-8-17-27;39-38-34(40(30-18-9-3-10-19-30)32-24-36(42-26-32)28-14-5-1-6-15-28)22-13-23-35(38)41(31-20-11-4-12-21-31)33-25-37(43-27-33)29-16-7-2-8-17-29;1-3-7-13(8-4-1)16-11-15(12-18-16)17-14-9-5-2-6-10-14;11-9-6-10(12-7-9)8-4-2-1-3-5-8;7-4-2-1-3-5(8)6(4)9;7-6-4-2-1-3-5-6/h1-25H;1-27H;1-12,17H;1-7H;1-3H;1-5H,7H2. The van der Waals surface area contributed by atoms with Crippen molar-refractivity contribution in [2.75, 3.05) is 30.7 Å². The van der Waals surface area contributed by atoms with E-state index >= 15 is 0 Å². The molecule has 18 heteroatoms. The smallest absolute Gasteiger partial charge is 0.342 e. The first-order valence-corrected chi connectivity index (χ1v) is 44.9. The molecule has 23 rings (SSSR count). The monoisotopic (exact) mass is 1860 g/mol. The quantitative estimate of drug-likeness (QED) is 0.0543. The summed E-state index contributed by atoms with van der Waals surface area (Å²) < 4.78 is 37.5. The van der Waals surface area contributed by atoms with Crippen molar-refractivity contribution in [2.45, 2.75) is 0 Å². The predicted octanol–water partition coefficient (Wildman–Crippen LogP) is 33.4. The molecule has 0 saturated carbocycles. The summed E-state index contributed by atoms with van der Waals surface area (Å²) in [5.41, 5.74) is 29.1. The summed E-state index contributed by atoms with van der Waals surface area (Å²) in [6.45, 7) is -0.217. The number of nitrogens with one attached hydrogen (secondary N) is 1. The topological polar surface area (TPSA) is 130 Å². The lowest BCUT2D eigenvalue weighted by atomic mass is 9.38. The maximum atomic E-state index is 7.40. The highest BCUT2D eigenvalue weighted by molar-refractivity contribution is 9.10. The molecule has 21 aromatic rings. The van der Waals surface area contributed by atoms with Crippen molar-refractivity contribution in [1.82, 2.24) is 0 Å². The van der Waals surface area contributed by atoms with Gasteiger partial charge in [-0.25, -0.2) is 0 Å². The van der Waals surface area contributed by atoms with Gasteiger partial charge in [-0.05, 0) is 131 Å². The zero-order valence-corrected chi connectivity index (χ0v) is 75.5. The Hall–Kier alpha value is -15.5. The molecule has 6 aromatic heterocycles. The lowest BCUT2D eigenvalue weighted by Gasteiger charge is -2.40. The van der Waals surface area contributed by atoms with Gasteiger partial charge in [0.2, 0.25) is 0 Å². The van der Waals surface area contributed by atoms with Crippen LogP contribution in [0.25, 0.3) is 67.9 Å². The second-order valence-electron chi connectivity index (χ2n) is 30.5. The fraction of sp³-hybridized carbons (Fsp3) is 0. The van der Waals surface area contributed by atoms with Gasteiger partial charge in [0, 0.05) is 120 Å². The number of furan rings is 6. The number of nitrogens with zero attached hydrogens (tertiary/aromatic N) is 4. The average molecular weight is 1860 g/mol. The number of nitrogen functional groups attached to an aromatic ring is 1. The zero-order chi connectivity index (χ0) is 89.9. The summed E-state index contributed by atoms with van der Waals surface area (Å²) >= 11 is 27.7. The second-order valence-corrected chi connectivity index (χ2v) is 32.9. The highest BCUT2D eigenvalue weighted by Crippen LogP contribution is 2.51. The van der Waals surface area contributed by atoms with E-state index in [1.807, 2.05) is 303 Å². The molecule has 0 saturated heterocycles. The van der Waals surface area contributed by atoms with Crippen molar-refractivity contribution in [3.8, 4) is 67.9 Å². The van der Waals surface area contributed by atoms with Gasteiger partial charge in [-0.3, -0.25) is 0 Å². The van der Waals surface area contributed by atoms with Gasteiger partial charge in [0.15, 0.2) is 0 Å². The molecule has 3 N–H and O–H groups in total. The van der Waals surface area contributed by atoms with Gasteiger partial charge in [0.05, 0.1) is 59.9 Å². The molecule has 642 valence electrons. The van der Waals surface area contributed by atoms with Crippen LogP contribution in [-0.4, -0.2) is 6.71 Å². The van der Waals surface area contributed by atoms with Crippen LogP contribution in [-0.2, 0) is 0 Å². The summed E-state index contributed by atoms with van der Waals surface area (Å²) in [6.07, 6.45) is 6.81. The van der Waals surface area contributed by atoms with Gasteiger partial charge < -0.3 is 57.2 Å². The summed E-state index contributed by atoms with van der Waals surface area (Å²) in [5, 5.41) is 5.66. The first kappa shape index (κ1) is 87.2. The summed E-state index contributed by atoms with van der Waals surface area (Å²) in [7, 11) is 0. The molecule has 0 fully saturated rings. The normalized spacial score (nSPS) is 11.2. The highest BCUT2D eigenvalue weighted by atomic mass is 79.9. The molecule has 2 aliphatic heterocycles. The maximum Gasteiger partial charge on any atom is 0.342 e. The third-order valence-electron chi connectivity index (χ3n) is 21.8. The molecule has 0 atom stereocenters. The molecule has 0 amide bonds. The summed E-state index contributed by atoms with van der Waals surface area (Å²) in [5.74, 6) is 4.91. The number of hydrogen-bond donors (Lipinski definition) is 2. The van der Waals surface area contributed by atoms with E-state index in [-0.39, 0.29) is 6.71 Å². The first-order chi connectivity index (χ1) is 65.0. The Labute approximate surface area is 794 Å². The Kier molecular flexibility index (Phi) is 27.6. The van der Waals surface area contributed by atoms with Crippen molar-refractivity contribution < 1.29 is 26.5 Å². The Morgan fingerprint density at radius 1 is 0.280 bits per heavy atom. The number of halogens is 5. The molecule has 0 spiro atoms. The van der Waals surface area contributed by atoms with Crippen LogP contribution in [0.4, 0.5) is 85.3 Å². The molecule has 12 nitrogen and oxygen atoms in total. The first-order valence-electron chi connectivity index (χ1n) is 42.6. The number of para-hydroxylation sites is 6. The molecular weight excluding hydrogens is 1780 g/mol. The minimum absolute atomic E-state index is 0.217. The van der Waals surface area contributed by atoms with Crippen LogP contribution in [0.5, 0.6) is 0 Å². The fourth-order valence-electron chi connectivity index (χ4n) is 15.7. The molecule has 0 unspecified atom stereocenters. The number of fused-ring (bicyclic) bond motifs is 4. The Bertz CT molecular complexity index is 6970. The van der Waals surface area contributed by atoms with E-state index in [9.17, 15) is 0 Å². The van der Waals surface area contributed by atoms with Gasteiger partial charge in [-0.15, -0.1) is 0 Å². The van der Waals surface area contributed by atoms with Gasteiger partial charge in [0.25, 0.3) is 0 Å². The molecule has 132 heavy (non-hydrogen) atoms. The molecule has 0 aliphatic carbocycles. The second kappa shape index (κ2) is 41.7. The van der Waals surface area contributed by atoms with Gasteiger partial charge >= 0.3 is 6.71 Å². The summed E-state index contributed by atoms with van der Waals surface area (Å²) in [6, 6.07) is 152. The Morgan fingerprint density at radius 2 is 0.614 bits per heavy atom. The number of hydrogen-bond acceptors (Lipinski definition) is 12. The van der Waals surface area contributed by atoms with Crippen LogP contribution in [0.15, 0.2) is 511 Å². The van der Waals surface area contributed by atoms with Crippen LogP contribution < -0.4 is 47.4 Å². The van der Waals surface area contributed by atoms with Gasteiger partial charge in [0.1, 0.15) is 70.9 Å². The number of benzene rings is 15. The van der Waals surface area contributed by atoms with E-state index in [1.165, 1.54) is 6.26 Å². The van der Waals surface area contributed by atoms with Gasteiger partial charge in [-0.2, -0.15) is 0 Å². The maximum absolute atomic E-state index is 7.40. The Morgan fingerprint density at radius 3 is 0.985 bits per heavy atom. The van der Waals surface area contributed by atoms with Crippen molar-refractivity contribution in [3.63, 3.8) is 0 Å².